The van der Waals surface area contributed by atoms with Gasteiger partial charge in [0, 0.05) is 43.8 Å². The molecule has 10 nitrogen and oxygen atoms in total. The molecule has 2 aliphatic rings. The summed E-state index contributed by atoms with van der Waals surface area (Å²) >= 11 is 0. The fourth-order valence-corrected chi connectivity index (χ4v) is 7.03. The van der Waals surface area contributed by atoms with E-state index in [1.807, 2.05) is 17.0 Å². The van der Waals surface area contributed by atoms with E-state index in [1.54, 1.807) is 18.6 Å². The predicted octanol–water partition coefficient (Wildman–Crippen LogP) is 3.11. The van der Waals surface area contributed by atoms with Crippen LogP contribution in [0.25, 0.3) is 0 Å². The van der Waals surface area contributed by atoms with Gasteiger partial charge in [0.05, 0.1) is 18.0 Å². The molecule has 2 heterocycles. The Bertz CT molecular complexity index is 985. The highest BCUT2D eigenvalue weighted by atomic mass is 32.2. The van der Waals surface area contributed by atoms with E-state index >= 15 is 0 Å². The molecule has 1 aliphatic heterocycles. The van der Waals surface area contributed by atoms with Crippen LogP contribution in [0.4, 0.5) is 5.69 Å². The van der Waals surface area contributed by atoms with E-state index in [0.29, 0.717) is 31.8 Å². The summed E-state index contributed by atoms with van der Waals surface area (Å²) in [7, 11) is -3.55. The summed E-state index contributed by atoms with van der Waals surface area (Å²) in [6.07, 6.45) is 16.4. The van der Waals surface area contributed by atoms with Crippen molar-refractivity contribution in [2.24, 2.45) is 15.9 Å². The van der Waals surface area contributed by atoms with E-state index in [0.717, 1.165) is 89.8 Å². The molecule has 2 fully saturated rings. The van der Waals surface area contributed by atoms with Crippen molar-refractivity contribution in [3.05, 3.63) is 24.5 Å². The third-order valence-corrected chi connectivity index (χ3v) is 9.77. The molecule has 1 atom stereocenters. The number of hydrogen-bond donors (Lipinski definition) is 2. The molecule has 1 saturated carbocycles. The SMILES string of the molecule is N#CN=C(N)N(CCCCCCCC(CCC1(S(N)(=O)=O)CCCC1)N1CCOCC1)c1ccncc1. The zero-order valence-corrected chi connectivity index (χ0v) is 22.7. The first-order chi connectivity index (χ1) is 17.9. The van der Waals surface area contributed by atoms with Gasteiger partial charge in [-0.05, 0) is 50.7 Å². The highest BCUT2D eigenvalue weighted by Gasteiger charge is 2.44. The molecule has 1 aromatic heterocycles. The fraction of sp³-hybridized carbons (Fsp3) is 0.731. The summed E-state index contributed by atoms with van der Waals surface area (Å²) in [6.45, 7) is 3.98. The molecule has 1 unspecified atom stereocenters. The molecule has 206 valence electrons. The number of morpholine rings is 1. The number of sulfonamides is 1. The van der Waals surface area contributed by atoms with Crippen LogP contribution < -0.4 is 15.8 Å². The number of nitrogens with zero attached hydrogens (tertiary/aromatic N) is 5. The first kappa shape index (κ1) is 29.3. The summed E-state index contributed by atoms with van der Waals surface area (Å²) in [5.41, 5.74) is 6.89. The Morgan fingerprint density at radius 2 is 1.78 bits per heavy atom. The van der Waals surface area contributed by atoms with Crippen LogP contribution in [0.5, 0.6) is 0 Å². The van der Waals surface area contributed by atoms with Gasteiger partial charge in [-0.2, -0.15) is 5.26 Å². The smallest absolute Gasteiger partial charge is 0.214 e. The molecule has 1 aromatic rings. The molecule has 0 radical (unpaired) electrons. The quantitative estimate of drug-likeness (QED) is 0.160. The number of ether oxygens (including phenoxy) is 1. The topological polar surface area (TPSA) is 151 Å². The molecule has 0 amide bonds. The summed E-state index contributed by atoms with van der Waals surface area (Å²) in [4.78, 5) is 12.1. The lowest BCUT2D eigenvalue weighted by Crippen LogP contribution is -2.46. The minimum atomic E-state index is -3.55. The Kier molecular flexibility index (Phi) is 11.6. The number of hydrogen-bond acceptors (Lipinski definition) is 7. The predicted molar refractivity (Wildman–Crippen MR) is 146 cm³/mol. The molecule has 1 aliphatic carbocycles. The third-order valence-electron chi connectivity index (χ3n) is 7.95. The highest BCUT2D eigenvalue weighted by molar-refractivity contribution is 7.90. The number of nitrogens with two attached hydrogens (primary N) is 2. The van der Waals surface area contributed by atoms with Crippen molar-refractivity contribution in [3.63, 3.8) is 0 Å². The van der Waals surface area contributed by atoms with Gasteiger partial charge in [-0.3, -0.25) is 9.88 Å². The minimum absolute atomic E-state index is 0.196. The van der Waals surface area contributed by atoms with Crippen LogP contribution in [-0.2, 0) is 14.8 Å². The summed E-state index contributed by atoms with van der Waals surface area (Å²) in [5.74, 6) is 0.196. The lowest BCUT2D eigenvalue weighted by atomic mass is 9.93. The zero-order chi connectivity index (χ0) is 26.6. The Labute approximate surface area is 222 Å². The standard InChI is InChI=1S/C26H43N7O3S/c27-22-31-25(28)33(24-10-15-30-16-11-24)17-7-3-1-2-4-8-23(32-18-20-36-21-19-32)9-14-26(37(29,34)35)12-5-6-13-26/h10-11,15-16,23H,1-9,12-14,17-21H2,(H2,28,31)(H2,29,34,35). The summed E-state index contributed by atoms with van der Waals surface area (Å²) in [5, 5.41) is 14.6. The van der Waals surface area contributed by atoms with Crippen LogP contribution in [0.2, 0.25) is 0 Å². The molecule has 3 rings (SSSR count). The van der Waals surface area contributed by atoms with Crippen molar-refractivity contribution in [1.29, 1.82) is 5.26 Å². The number of guanidine groups is 1. The number of pyridine rings is 1. The zero-order valence-electron chi connectivity index (χ0n) is 21.9. The van der Waals surface area contributed by atoms with E-state index in [1.165, 1.54) is 0 Å². The monoisotopic (exact) mass is 533 g/mol. The number of unbranched alkanes of at least 4 members (excludes halogenated alkanes) is 4. The number of primary sulfonamides is 1. The van der Waals surface area contributed by atoms with E-state index in [4.69, 9.17) is 20.9 Å². The van der Waals surface area contributed by atoms with Gasteiger partial charge in [0.2, 0.25) is 22.2 Å². The Morgan fingerprint density at radius 3 is 2.43 bits per heavy atom. The Morgan fingerprint density at radius 1 is 1.14 bits per heavy atom. The van der Waals surface area contributed by atoms with Crippen molar-refractivity contribution >= 4 is 21.7 Å². The maximum atomic E-state index is 12.4. The number of aliphatic imine (C=N–C) groups is 1. The lowest BCUT2D eigenvalue weighted by molar-refractivity contribution is 0.0113. The Balaban J connectivity index is 1.45. The second kappa shape index (κ2) is 14.6. The fourth-order valence-electron chi connectivity index (χ4n) is 5.77. The number of aromatic nitrogens is 1. The number of nitriles is 1. The molecule has 4 N–H and O–H groups in total. The van der Waals surface area contributed by atoms with E-state index in [9.17, 15) is 8.42 Å². The van der Waals surface area contributed by atoms with Gasteiger partial charge in [0.15, 0.2) is 0 Å². The number of anilines is 1. The highest BCUT2D eigenvalue weighted by Crippen LogP contribution is 2.40. The van der Waals surface area contributed by atoms with Gasteiger partial charge in [0.1, 0.15) is 0 Å². The van der Waals surface area contributed by atoms with Crippen molar-refractivity contribution in [2.45, 2.75) is 87.8 Å². The molecular weight excluding hydrogens is 490 g/mol. The maximum absolute atomic E-state index is 12.4. The van der Waals surface area contributed by atoms with E-state index in [2.05, 4.69) is 14.9 Å². The lowest BCUT2D eigenvalue weighted by Gasteiger charge is -2.37. The van der Waals surface area contributed by atoms with Gasteiger partial charge >= 0.3 is 0 Å². The second-order valence-electron chi connectivity index (χ2n) is 10.3. The molecular formula is C26H43N7O3S. The normalized spacial score (nSPS) is 19.4. The second-order valence-corrected chi connectivity index (χ2v) is 12.2. The van der Waals surface area contributed by atoms with Crippen LogP contribution >= 0.6 is 0 Å². The van der Waals surface area contributed by atoms with Crippen molar-refractivity contribution in [3.8, 4) is 6.19 Å². The summed E-state index contributed by atoms with van der Waals surface area (Å²) in [6, 6.07) is 4.08. The molecule has 0 spiro atoms. The molecule has 37 heavy (non-hydrogen) atoms. The third kappa shape index (κ3) is 8.64. The number of rotatable bonds is 14. The maximum Gasteiger partial charge on any atom is 0.214 e. The first-order valence-electron chi connectivity index (χ1n) is 13.6. The average molecular weight is 534 g/mol. The molecule has 0 aromatic carbocycles. The van der Waals surface area contributed by atoms with Crippen LogP contribution in [-0.4, -0.2) is 67.9 Å². The Hall–Kier alpha value is -2.26. The van der Waals surface area contributed by atoms with Gasteiger partial charge < -0.3 is 15.4 Å². The van der Waals surface area contributed by atoms with Crippen molar-refractivity contribution in [1.82, 2.24) is 9.88 Å². The van der Waals surface area contributed by atoms with Gasteiger partial charge in [-0.1, -0.05) is 38.5 Å². The largest absolute Gasteiger partial charge is 0.379 e. The van der Waals surface area contributed by atoms with Gasteiger partial charge in [-0.15, -0.1) is 4.99 Å². The van der Waals surface area contributed by atoms with E-state index in [-0.39, 0.29) is 5.96 Å². The van der Waals surface area contributed by atoms with Gasteiger partial charge in [-0.25, -0.2) is 13.6 Å². The van der Waals surface area contributed by atoms with Crippen LogP contribution in [0, 0.1) is 11.5 Å². The molecule has 1 saturated heterocycles. The van der Waals surface area contributed by atoms with Gasteiger partial charge in [0.25, 0.3) is 0 Å². The van der Waals surface area contributed by atoms with Crippen LogP contribution in [0.15, 0.2) is 29.5 Å². The average Bonchev–Trinajstić information content (AvgIpc) is 3.39. The van der Waals surface area contributed by atoms with Crippen molar-refractivity contribution in [2.75, 3.05) is 37.7 Å². The van der Waals surface area contributed by atoms with Crippen molar-refractivity contribution < 1.29 is 13.2 Å². The summed E-state index contributed by atoms with van der Waals surface area (Å²) < 4.78 is 29.7. The minimum Gasteiger partial charge on any atom is -0.379 e. The molecule has 11 heteroatoms. The van der Waals surface area contributed by atoms with E-state index < -0.39 is 14.8 Å². The van der Waals surface area contributed by atoms with Crippen LogP contribution in [0.3, 0.4) is 0 Å². The first-order valence-corrected chi connectivity index (χ1v) is 15.1. The van der Waals surface area contributed by atoms with Crippen LogP contribution in [0.1, 0.15) is 77.0 Å². The molecule has 0 bridgehead atoms.